The first-order chi connectivity index (χ1) is 7.58. The van der Waals surface area contributed by atoms with Gasteiger partial charge in [0.05, 0.1) is 5.56 Å². The molecule has 0 saturated heterocycles. The van der Waals surface area contributed by atoms with Gasteiger partial charge in [0.2, 0.25) is 0 Å². The van der Waals surface area contributed by atoms with Gasteiger partial charge in [0.15, 0.2) is 0 Å². The van der Waals surface area contributed by atoms with Crippen molar-refractivity contribution in [2.45, 2.75) is 6.92 Å². The van der Waals surface area contributed by atoms with Crippen LogP contribution in [0.5, 0.6) is 0 Å². The molecule has 0 fully saturated rings. The molecule has 1 aromatic heterocycles. The van der Waals surface area contributed by atoms with E-state index in [-0.39, 0.29) is 0 Å². The molecule has 0 bridgehead atoms. The molecular formula is C12H11BrN2O. The van der Waals surface area contributed by atoms with Crippen LogP contribution in [0.15, 0.2) is 34.8 Å². The topological polar surface area (TPSA) is 58.9 Å². The Bertz CT molecular complexity index is 528. The molecular weight excluding hydrogens is 268 g/mol. The number of hydrogen-bond acceptors (Lipinski definition) is 1. The van der Waals surface area contributed by atoms with E-state index in [2.05, 4.69) is 20.9 Å². The molecule has 82 valence electrons. The van der Waals surface area contributed by atoms with E-state index in [0.717, 1.165) is 21.4 Å². The molecule has 2 aromatic rings. The Balaban J connectivity index is 2.45. The predicted octanol–water partition coefficient (Wildman–Crippen LogP) is 2.85. The van der Waals surface area contributed by atoms with Gasteiger partial charge >= 0.3 is 0 Å². The third-order valence-corrected chi connectivity index (χ3v) is 2.96. The number of H-pyrrole nitrogens is 1. The second-order valence-corrected chi connectivity index (χ2v) is 4.51. The number of carbonyl (C=O) groups is 1. The van der Waals surface area contributed by atoms with Gasteiger partial charge in [-0.3, -0.25) is 4.79 Å². The largest absolute Gasteiger partial charge is 0.366 e. The van der Waals surface area contributed by atoms with Gasteiger partial charge in [-0.15, -0.1) is 0 Å². The van der Waals surface area contributed by atoms with Crippen molar-refractivity contribution in [3.63, 3.8) is 0 Å². The molecule has 4 heteroatoms. The molecule has 0 spiro atoms. The van der Waals surface area contributed by atoms with E-state index in [1.54, 1.807) is 6.07 Å². The number of aryl methyl sites for hydroxylation is 1. The maximum absolute atomic E-state index is 11.1. The van der Waals surface area contributed by atoms with Crippen LogP contribution in [0.3, 0.4) is 0 Å². The average Bonchev–Trinajstić information content (AvgIpc) is 2.61. The number of hydrogen-bond donors (Lipinski definition) is 2. The van der Waals surface area contributed by atoms with Crippen molar-refractivity contribution in [2.24, 2.45) is 5.73 Å². The summed E-state index contributed by atoms with van der Waals surface area (Å²) in [6.07, 6.45) is 0. The van der Waals surface area contributed by atoms with Gasteiger partial charge in [-0.25, -0.2) is 0 Å². The Labute approximate surface area is 102 Å². The Morgan fingerprint density at radius 2 is 1.94 bits per heavy atom. The van der Waals surface area contributed by atoms with Gasteiger partial charge in [-0.05, 0) is 30.7 Å². The number of aromatic amines is 1. The summed E-state index contributed by atoms with van der Waals surface area (Å²) in [4.78, 5) is 14.3. The monoisotopic (exact) mass is 278 g/mol. The summed E-state index contributed by atoms with van der Waals surface area (Å²) in [5, 5.41) is 0. The molecule has 3 N–H and O–H groups in total. The van der Waals surface area contributed by atoms with Crippen LogP contribution in [-0.4, -0.2) is 10.9 Å². The first-order valence-corrected chi connectivity index (χ1v) is 5.62. The predicted molar refractivity (Wildman–Crippen MR) is 67.2 cm³/mol. The number of rotatable bonds is 2. The van der Waals surface area contributed by atoms with E-state index in [4.69, 9.17) is 5.73 Å². The van der Waals surface area contributed by atoms with Gasteiger partial charge < -0.3 is 10.7 Å². The Kier molecular flexibility index (Phi) is 2.83. The van der Waals surface area contributed by atoms with Crippen LogP contribution in [-0.2, 0) is 0 Å². The number of nitrogens with two attached hydrogens (primary N) is 1. The van der Waals surface area contributed by atoms with Crippen molar-refractivity contribution in [1.82, 2.24) is 4.98 Å². The third-order valence-electron chi connectivity index (χ3n) is 2.44. The minimum Gasteiger partial charge on any atom is -0.366 e. The second-order valence-electron chi connectivity index (χ2n) is 3.59. The van der Waals surface area contributed by atoms with E-state index in [9.17, 15) is 4.79 Å². The molecule has 0 aliphatic carbocycles. The zero-order chi connectivity index (χ0) is 11.7. The van der Waals surface area contributed by atoms with E-state index >= 15 is 0 Å². The van der Waals surface area contributed by atoms with Gasteiger partial charge in [0.25, 0.3) is 5.91 Å². The molecule has 0 saturated carbocycles. The van der Waals surface area contributed by atoms with Crippen LogP contribution in [0.25, 0.3) is 11.3 Å². The number of halogens is 1. The minimum absolute atomic E-state index is 0.405. The van der Waals surface area contributed by atoms with Crippen molar-refractivity contribution in [3.8, 4) is 11.3 Å². The molecule has 0 radical (unpaired) electrons. The smallest absolute Gasteiger partial charge is 0.250 e. The first kappa shape index (κ1) is 11.0. The maximum atomic E-state index is 11.1. The standard InChI is InChI=1S/C12H11BrN2O/c1-7-10(12(14)16)6-11(15-7)8-2-4-9(13)5-3-8/h2-6,15H,1H3,(H2,14,16). The lowest BCUT2D eigenvalue weighted by molar-refractivity contribution is 0.1000. The van der Waals surface area contributed by atoms with Gasteiger partial charge in [0, 0.05) is 15.9 Å². The first-order valence-electron chi connectivity index (χ1n) is 4.83. The Morgan fingerprint density at radius 3 is 2.44 bits per heavy atom. The molecule has 0 unspecified atom stereocenters. The lowest BCUT2D eigenvalue weighted by Crippen LogP contribution is -2.10. The fourth-order valence-corrected chi connectivity index (χ4v) is 1.86. The summed E-state index contributed by atoms with van der Waals surface area (Å²) in [7, 11) is 0. The normalized spacial score (nSPS) is 10.4. The fourth-order valence-electron chi connectivity index (χ4n) is 1.60. The number of aromatic nitrogens is 1. The zero-order valence-corrected chi connectivity index (χ0v) is 10.3. The van der Waals surface area contributed by atoms with E-state index < -0.39 is 5.91 Å². The quantitative estimate of drug-likeness (QED) is 0.872. The summed E-state index contributed by atoms with van der Waals surface area (Å²) < 4.78 is 1.02. The van der Waals surface area contributed by atoms with E-state index in [1.165, 1.54) is 0 Å². The van der Waals surface area contributed by atoms with Gasteiger partial charge in [-0.2, -0.15) is 0 Å². The van der Waals surface area contributed by atoms with Crippen LogP contribution >= 0.6 is 15.9 Å². The highest BCUT2D eigenvalue weighted by atomic mass is 79.9. The van der Waals surface area contributed by atoms with E-state index in [1.807, 2.05) is 31.2 Å². The number of carbonyl (C=O) groups excluding carboxylic acids is 1. The maximum Gasteiger partial charge on any atom is 0.250 e. The van der Waals surface area contributed by atoms with Crippen LogP contribution in [0.1, 0.15) is 16.1 Å². The average molecular weight is 279 g/mol. The lowest BCUT2D eigenvalue weighted by atomic mass is 10.1. The highest BCUT2D eigenvalue weighted by molar-refractivity contribution is 9.10. The van der Waals surface area contributed by atoms with Crippen molar-refractivity contribution < 1.29 is 4.79 Å². The fraction of sp³-hybridized carbons (Fsp3) is 0.0833. The number of primary amides is 1. The van der Waals surface area contributed by atoms with Crippen molar-refractivity contribution in [2.75, 3.05) is 0 Å². The van der Waals surface area contributed by atoms with Crippen LogP contribution in [0.4, 0.5) is 0 Å². The summed E-state index contributed by atoms with van der Waals surface area (Å²) in [6.45, 7) is 1.84. The number of nitrogens with one attached hydrogen (secondary N) is 1. The third kappa shape index (κ3) is 2.02. The molecule has 0 atom stereocenters. The van der Waals surface area contributed by atoms with Crippen LogP contribution in [0.2, 0.25) is 0 Å². The molecule has 16 heavy (non-hydrogen) atoms. The molecule has 0 aliphatic rings. The summed E-state index contributed by atoms with van der Waals surface area (Å²) >= 11 is 3.38. The summed E-state index contributed by atoms with van der Waals surface area (Å²) in [5.74, 6) is -0.405. The SMILES string of the molecule is Cc1[nH]c(-c2ccc(Br)cc2)cc1C(N)=O. The minimum atomic E-state index is -0.405. The number of amides is 1. The van der Waals surface area contributed by atoms with Crippen molar-refractivity contribution in [3.05, 3.63) is 46.1 Å². The van der Waals surface area contributed by atoms with Crippen molar-refractivity contribution in [1.29, 1.82) is 0 Å². The van der Waals surface area contributed by atoms with Gasteiger partial charge in [0.1, 0.15) is 0 Å². The van der Waals surface area contributed by atoms with Crippen LogP contribution in [0, 0.1) is 6.92 Å². The Morgan fingerprint density at radius 1 is 1.31 bits per heavy atom. The van der Waals surface area contributed by atoms with Crippen LogP contribution < -0.4 is 5.73 Å². The van der Waals surface area contributed by atoms with E-state index in [0.29, 0.717) is 5.56 Å². The zero-order valence-electron chi connectivity index (χ0n) is 8.75. The highest BCUT2D eigenvalue weighted by Crippen LogP contribution is 2.23. The summed E-state index contributed by atoms with van der Waals surface area (Å²) in [6, 6.07) is 9.63. The molecule has 3 nitrogen and oxygen atoms in total. The molecule has 1 aromatic carbocycles. The second kappa shape index (κ2) is 4.14. The summed E-state index contributed by atoms with van der Waals surface area (Å²) in [5.41, 5.74) is 8.53. The Hall–Kier alpha value is -1.55. The molecule has 0 aliphatic heterocycles. The van der Waals surface area contributed by atoms with Crippen molar-refractivity contribution >= 4 is 21.8 Å². The molecule has 1 heterocycles. The number of benzene rings is 1. The lowest BCUT2D eigenvalue weighted by Gasteiger charge is -1.97. The van der Waals surface area contributed by atoms with Gasteiger partial charge in [-0.1, -0.05) is 28.1 Å². The highest BCUT2D eigenvalue weighted by Gasteiger charge is 2.10. The molecule has 2 rings (SSSR count). The molecule has 1 amide bonds.